The molecule has 0 aliphatic rings. The Morgan fingerprint density at radius 3 is 2.88 bits per heavy atom. The summed E-state index contributed by atoms with van der Waals surface area (Å²) in [6, 6.07) is 3.33. The Morgan fingerprint density at radius 1 is 1.41 bits per heavy atom. The van der Waals surface area contributed by atoms with E-state index in [9.17, 15) is 4.79 Å². The lowest BCUT2D eigenvalue weighted by Crippen LogP contribution is -2.23. The predicted octanol–water partition coefficient (Wildman–Crippen LogP) is 0.905. The molecule has 0 saturated carbocycles. The summed E-state index contributed by atoms with van der Waals surface area (Å²) < 4.78 is 0. The Balaban J connectivity index is 1.95. The maximum atomic E-state index is 11.7. The molecule has 0 aromatic carbocycles. The fourth-order valence-corrected chi connectivity index (χ4v) is 1.71. The van der Waals surface area contributed by atoms with Crippen LogP contribution < -0.4 is 10.6 Å². The zero-order valence-electron chi connectivity index (χ0n) is 9.17. The first-order chi connectivity index (χ1) is 8.29. The lowest BCUT2D eigenvalue weighted by molar-refractivity contribution is 0.0945. The van der Waals surface area contributed by atoms with Gasteiger partial charge in [0.1, 0.15) is 5.82 Å². The molecule has 2 N–H and O–H groups in total. The summed E-state index contributed by atoms with van der Waals surface area (Å²) in [4.78, 5) is 16.6. The molecule has 6 nitrogen and oxygen atoms in total. The zero-order chi connectivity index (χ0) is 12.1. The molecule has 0 saturated heterocycles. The molecule has 0 unspecified atom stereocenters. The number of carbonyl (C=O) groups excluding carboxylic acids is 1. The largest absolute Gasteiger partial charge is 0.372 e. The van der Waals surface area contributed by atoms with Gasteiger partial charge >= 0.3 is 0 Å². The van der Waals surface area contributed by atoms with Crippen LogP contribution >= 0.6 is 11.3 Å². The molecule has 0 fully saturated rings. The molecule has 0 radical (unpaired) electrons. The maximum absolute atomic E-state index is 11.7. The quantitative estimate of drug-likeness (QED) is 0.841. The first-order valence-corrected chi connectivity index (χ1v) is 5.84. The van der Waals surface area contributed by atoms with Gasteiger partial charge in [-0.15, -0.1) is 21.5 Å². The van der Waals surface area contributed by atoms with Crippen LogP contribution in [0.4, 0.5) is 5.82 Å². The fraction of sp³-hybridized carbons (Fsp3) is 0.200. The van der Waals surface area contributed by atoms with Crippen molar-refractivity contribution in [3.63, 3.8) is 0 Å². The molecule has 0 aliphatic carbocycles. The van der Waals surface area contributed by atoms with Gasteiger partial charge in [0.05, 0.1) is 12.1 Å². The third-order valence-electron chi connectivity index (χ3n) is 2.06. The number of hydrogen-bond donors (Lipinski definition) is 2. The number of carbonyl (C=O) groups is 1. The van der Waals surface area contributed by atoms with E-state index in [1.165, 1.54) is 11.3 Å². The molecule has 2 heterocycles. The van der Waals surface area contributed by atoms with Crippen LogP contribution in [0.15, 0.2) is 23.8 Å². The van der Waals surface area contributed by atoms with Crippen LogP contribution in [0.3, 0.4) is 0 Å². The van der Waals surface area contributed by atoms with E-state index in [2.05, 4.69) is 25.8 Å². The van der Waals surface area contributed by atoms with Crippen molar-refractivity contribution >= 4 is 23.1 Å². The third kappa shape index (κ3) is 2.97. The van der Waals surface area contributed by atoms with Gasteiger partial charge in [-0.1, -0.05) is 0 Å². The molecule has 2 aromatic heterocycles. The highest BCUT2D eigenvalue weighted by Crippen LogP contribution is 2.05. The van der Waals surface area contributed by atoms with E-state index in [0.717, 1.165) is 4.88 Å². The lowest BCUT2D eigenvalue weighted by Gasteiger charge is -2.02. The number of anilines is 1. The van der Waals surface area contributed by atoms with Crippen molar-refractivity contribution in [2.45, 2.75) is 6.54 Å². The standard InChI is InChI=1S/C10H11N5OS/c1-11-9-3-2-8(14-15-9)10(16)13-5-7-4-12-6-17-7/h2-4,6H,5H2,1H3,(H,11,15)(H,13,16). The van der Waals surface area contributed by atoms with E-state index >= 15 is 0 Å². The highest BCUT2D eigenvalue weighted by Gasteiger charge is 2.07. The zero-order valence-corrected chi connectivity index (χ0v) is 9.99. The number of aromatic nitrogens is 3. The summed E-state index contributed by atoms with van der Waals surface area (Å²) in [5.74, 6) is 0.387. The van der Waals surface area contributed by atoms with E-state index in [1.54, 1.807) is 30.9 Å². The summed E-state index contributed by atoms with van der Waals surface area (Å²) >= 11 is 1.49. The second-order valence-electron chi connectivity index (χ2n) is 3.20. The Bertz CT molecular complexity index is 482. The van der Waals surface area contributed by atoms with Crippen molar-refractivity contribution < 1.29 is 4.79 Å². The molecule has 2 rings (SSSR count). The van der Waals surface area contributed by atoms with Crippen molar-refractivity contribution in [1.29, 1.82) is 0 Å². The monoisotopic (exact) mass is 249 g/mol. The van der Waals surface area contributed by atoms with Gasteiger partial charge in [0.2, 0.25) is 0 Å². The van der Waals surface area contributed by atoms with Crippen LogP contribution in [0.2, 0.25) is 0 Å². The lowest BCUT2D eigenvalue weighted by atomic mass is 10.3. The SMILES string of the molecule is CNc1ccc(C(=O)NCc2cncs2)nn1. The molecule has 0 spiro atoms. The fourth-order valence-electron chi connectivity index (χ4n) is 1.17. The predicted molar refractivity (Wildman–Crippen MR) is 64.9 cm³/mol. The molecule has 2 aromatic rings. The van der Waals surface area contributed by atoms with Gasteiger partial charge in [-0.25, -0.2) is 0 Å². The van der Waals surface area contributed by atoms with Crippen molar-refractivity contribution in [3.05, 3.63) is 34.4 Å². The first kappa shape index (κ1) is 11.5. The minimum atomic E-state index is -0.242. The number of nitrogens with zero attached hydrogens (tertiary/aromatic N) is 3. The summed E-state index contributed by atoms with van der Waals surface area (Å²) in [7, 11) is 1.74. The minimum absolute atomic E-state index is 0.242. The van der Waals surface area contributed by atoms with Gasteiger partial charge in [0.15, 0.2) is 5.69 Å². The van der Waals surface area contributed by atoms with Crippen LogP contribution in [0.25, 0.3) is 0 Å². The Morgan fingerprint density at radius 2 is 2.29 bits per heavy atom. The van der Waals surface area contributed by atoms with Gasteiger partial charge in [-0.2, -0.15) is 0 Å². The average molecular weight is 249 g/mol. The average Bonchev–Trinajstić information content (AvgIpc) is 2.89. The number of nitrogens with one attached hydrogen (secondary N) is 2. The molecular formula is C10H11N5OS. The van der Waals surface area contributed by atoms with E-state index in [4.69, 9.17) is 0 Å². The molecule has 7 heteroatoms. The van der Waals surface area contributed by atoms with Gasteiger partial charge in [0, 0.05) is 18.1 Å². The number of amides is 1. The van der Waals surface area contributed by atoms with E-state index in [-0.39, 0.29) is 5.91 Å². The van der Waals surface area contributed by atoms with Gasteiger partial charge < -0.3 is 10.6 Å². The Hall–Kier alpha value is -2.02. The molecule has 0 aliphatic heterocycles. The molecule has 1 amide bonds. The number of thiazole rings is 1. The van der Waals surface area contributed by atoms with Gasteiger partial charge in [0.25, 0.3) is 5.91 Å². The number of hydrogen-bond acceptors (Lipinski definition) is 6. The molecule has 0 atom stereocenters. The summed E-state index contributed by atoms with van der Waals surface area (Å²) in [5, 5.41) is 13.2. The topological polar surface area (TPSA) is 79.8 Å². The number of rotatable bonds is 4. The van der Waals surface area contributed by atoms with Gasteiger partial charge in [-0.05, 0) is 12.1 Å². The molecule has 0 bridgehead atoms. The Kier molecular flexibility index (Phi) is 3.61. The third-order valence-corrected chi connectivity index (χ3v) is 2.84. The van der Waals surface area contributed by atoms with Crippen molar-refractivity contribution in [1.82, 2.24) is 20.5 Å². The van der Waals surface area contributed by atoms with Crippen LogP contribution in [0, 0.1) is 0 Å². The van der Waals surface area contributed by atoms with Crippen LogP contribution in [-0.2, 0) is 6.54 Å². The Labute approximate surface area is 102 Å². The second-order valence-corrected chi connectivity index (χ2v) is 4.18. The molecule has 88 valence electrons. The van der Waals surface area contributed by atoms with Crippen LogP contribution in [-0.4, -0.2) is 28.1 Å². The van der Waals surface area contributed by atoms with Gasteiger partial charge in [-0.3, -0.25) is 9.78 Å². The summed E-state index contributed by atoms with van der Waals surface area (Å²) in [6.07, 6.45) is 1.72. The smallest absolute Gasteiger partial charge is 0.272 e. The van der Waals surface area contributed by atoms with E-state index < -0.39 is 0 Å². The molecule has 17 heavy (non-hydrogen) atoms. The van der Waals surface area contributed by atoms with Crippen molar-refractivity contribution in [2.75, 3.05) is 12.4 Å². The van der Waals surface area contributed by atoms with Crippen molar-refractivity contribution in [2.24, 2.45) is 0 Å². The minimum Gasteiger partial charge on any atom is -0.372 e. The van der Waals surface area contributed by atoms with E-state index in [1.807, 2.05) is 0 Å². The normalized spacial score (nSPS) is 9.94. The van der Waals surface area contributed by atoms with Crippen LogP contribution in [0.5, 0.6) is 0 Å². The second kappa shape index (κ2) is 5.35. The maximum Gasteiger partial charge on any atom is 0.272 e. The highest BCUT2D eigenvalue weighted by atomic mass is 32.1. The highest BCUT2D eigenvalue weighted by molar-refractivity contribution is 7.09. The molecular weight excluding hydrogens is 238 g/mol. The first-order valence-electron chi connectivity index (χ1n) is 4.96. The van der Waals surface area contributed by atoms with Crippen molar-refractivity contribution in [3.8, 4) is 0 Å². The van der Waals surface area contributed by atoms with E-state index in [0.29, 0.717) is 18.1 Å². The summed E-state index contributed by atoms with van der Waals surface area (Å²) in [6.45, 7) is 0.457. The van der Waals surface area contributed by atoms with Crippen LogP contribution in [0.1, 0.15) is 15.4 Å². The summed E-state index contributed by atoms with van der Waals surface area (Å²) in [5.41, 5.74) is 2.02.